The van der Waals surface area contributed by atoms with Crippen LogP contribution in [0.5, 0.6) is 0 Å². The number of thioether (sulfide) groups is 3. The van der Waals surface area contributed by atoms with Gasteiger partial charge in [-0.3, -0.25) is 0 Å². The Bertz CT molecular complexity index is 831. The maximum Gasteiger partial charge on any atom is 0.350 e. The van der Waals surface area contributed by atoms with E-state index in [4.69, 9.17) is 4.74 Å². The Balaban J connectivity index is 1.76. The van der Waals surface area contributed by atoms with Gasteiger partial charge < -0.3 is 4.74 Å². The molecular weight excluding hydrogens is 430 g/mol. The fourth-order valence-corrected chi connectivity index (χ4v) is 7.24. The molecule has 1 unspecified atom stereocenters. The van der Waals surface area contributed by atoms with Gasteiger partial charge in [-0.15, -0.1) is 0 Å². The van der Waals surface area contributed by atoms with Crippen LogP contribution in [0.2, 0.25) is 0 Å². The quantitative estimate of drug-likeness (QED) is 0.151. The number of ether oxygens (including phenoxy) is 1. The highest BCUT2D eigenvalue weighted by Crippen LogP contribution is 2.52. The Morgan fingerprint density at radius 3 is 2.63 bits per heavy atom. The van der Waals surface area contributed by atoms with Gasteiger partial charge in [0.2, 0.25) is 0 Å². The molecule has 0 saturated carbocycles. The van der Waals surface area contributed by atoms with Gasteiger partial charge in [0.25, 0.3) is 0 Å². The fraction of sp³-hybridized carbons (Fsp3) is 0.500. The van der Waals surface area contributed by atoms with Gasteiger partial charge in [0, 0.05) is 38.7 Å². The van der Waals surface area contributed by atoms with Crippen molar-refractivity contribution in [2.75, 3.05) is 23.0 Å². The second kappa shape index (κ2) is 11.9. The monoisotopic (exact) mass is 459 g/mol. The molecule has 3 rings (SSSR count). The van der Waals surface area contributed by atoms with Gasteiger partial charge in [0.1, 0.15) is 17.7 Å². The first-order chi connectivity index (χ1) is 14.6. The van der Waals surface area contributed by atoms with Gasteiger partial charge >= 0.3 is 5.97 Å². The Morgan fingerprint density at radius 2 is 1.93 bits per heavy atom. The van der Waals surface area contributed by atoms with Crippen LogP contribution in [-0.2, 0) is 9.53 Å². The highest BCUT2D eigenvalue weighted by molar-refractivity contribution is 8.03. The van der Waals surface area contributed by atoms with E-state index in [0.29, 0.717) is 0 Å². The van der Waals surface area contributed by atoms with Crippen molar-refractivity contribution in [2.24, 2.45) is 0 Å². The zero-order valence-electron chi connectivity index (χ0n) is 17.5. The molecule has 0 bridgehead atoms. The summed E-state index contributed by atoms with van der Waals surface area (Å²) in [5.74, 6) is 2.96. The van der Waals surface area contributed by atoms with E-state index in [2.05, 4.69) is 31.7 Å². The highest BCUT2D eigenvalue weighted by atomic mass is 32.2. The van der Waals surface area contributed by atoms with Crippen LogP contribution in [0.1, 0.15) is 50.5 Å². The van der Waals surface area contributed by atoms with Gasteiger partial charge in [-0.2, -0.15) is 28.8 Å². The van der Waals surface area contributed by atoms with Crippen molar-refractivity contribution in [3.05, 3.63) is 52.5 Å². The van der Waals surface area contributed by atoms with Gasteiger partial charge in [0.15, 0.2) is 0 Å². The zero-order valence-corrected chi connectivity index (χ0v) is 20.0. The lowest BCUT2D eigenvalue weighted by Gasteiger charge is -2.21. The average Bonchev–Trinajstić information content (AvgIpc) is 3.08. The van der Waals surface area contributed by atoms with Crippen molar-refractivity contribution < 1.29 is 9.53 Å². The summed E-state index contributed by atoms with van der Waals surface area (Å²) in [6.45, 7) is 6.26. The summed E-state index contributed by atoms with van der Waals surface area (Å²) in [4.78, 5) is 15.0. The minimum absolute atomic E-state index is 0.120. The number of fused-ring (bicyclic) bond motifs is 1. The maximum absolute atomic E-state index is 13.0. The standard InChI is InChI=1S/C24H29NO2S3/c1-3-4-5-6-10-20-19-9-7-8-11-22(19)30-23(20)21(12-25)24(26)27-18-15-28-13-17(2)14-29-16-18/h7-9,11,18,20H,2-6,10,13-16H2,1H3/b23-21-. The zero-order chi connectivity index (χ0) is 21.3. The third-order valence-electron chi connectivity index (χ3n) is 5.23. The Labute approximate surface area is 193 Å². The van der Waals surface area contributed by atoms with Crippen LogP contribution in [0.3, 0.4) is 0 Å². The molecule has 1 fully saturated rings. The molecule has 0 amide bonds. The van der Waals surface area contributed by atoms with E-state index in [0.717, 1.165) is 45.7 Å². The number of hydrogen-bond donors (Lipinski definition) is 0. The lowest BCUT2D eigenvalue weighted by Crippen LogP contribution is -2.26. The summed E-state index contributed by atoms with van der Waals surface area (Å²) in [6.07, 6.45) is 5.50. The second-order valence-corrected chi connectivity index (χ2v) is 10.8. The van der Waals surface area contributed by atoms with E-state index < -0.39 is 5.97 Å². The predicted molar refractivity (Wildman–Crippen MR) is 130 cm³/mol. The highest BCUT2D eigenvalue weighted by Gasteiger charge is 2.33. The number of esters is 1. The number of hydrogen-bond acceptors (Lipinski definition) is 6. The molecule has 160 valence electrons. The van der Waals surface area contributed by atoms with Gasteiger partial charge in [-0.1, -0.05) is 74.7 Å². The molecule has 1 saturated heterocycles. The number of carbonyl (C=O) groups is 1. The third kappa shape index (κ3) is 6.12. The van der Waals surface area contributed by atoms with Crippen LogP contribution >= 0.6 is 35.3 Å². The van der Waals surface area contributed by atoms with Gasteiger partial charge in [-0.25, -0.2) is 4.79 Å². The van der Waals surface area contributed by atoms with Crippen molar-refractivity contribution >= 4 is 41.3 Å². The van der Waals surface area contributed by atoms with Crippen molar-refractivity contribution in [2.45, 2.75) is 55.9 Å². The number of unbranched alkanes of at least 4 members (excludes halogenated alkanes) is 3. The minimum Gasteiger partial charge on any atom is -0.456 e. The van der Waals surface area contributed by atoms with Crippen molar-refractivity contribution in [1.82, 2.24) is 0 Å². The predicted octanol–water partition coefficient (Wildman–Crippen LogP) is 6.57. The van der Waals surface area contributed by atoms with E-state index in [-0.39, 0.29) is 17.6 Å². The molecule has 2 aliphatic rings. The molecular formula is C24H29NO2S3. The SMILES string of the molecule is C=C1CSCC(OC(=O)/C(C#N)=C2\Sc3ccccc3C2CCCCCC)CSC1. The Morgan fingerprint density at radius 1 is 1.20 bits per heavy atom. The topological polar surface area (TPSA) is 50.1 Å². The Hall–Kier alpha value is -1.29. The largest absolute Gasteiger partial charge is 0.456 e. The van der Waals surface area contributed by atoms with Crippen LogP contribution in [0.15, 0.2) is 51.8 Å². The lowest BCUT2D eigenvalue weighted by molar-refractivity contribution is -0.141. The number of allylic oxidation sites excluding steroid dienone is 1. The number of nitrogens with zero attached hydrogens (tertiary/aromatic N) is 1. The first-order valence-electron chi connectivity index (χ1n) is 10.6. The molecule has 3 nitrogen and oxygen atoms in total. The maximum atomic E-state index is 13.0. The summed E-state index contributed by atoms with van der Waals surface area (Å²) in [5.41, 5.74) is 2.66. The number of carbonyl (C=O) groups excluding carboxylic acids is 1. The van der Waals surface area contributed by atoms with E-state index in [1.807, 2.05) is 12.1 Å². The smallest absolute Gasteiger partial charge is 0.350 e. The molecule has 6 heteroatoms. The molecule has 0 aliphatic carbocycles. The molecule has 1 aromatic carbocycles. The molecule has 2 aliphatic heterocycles. The summed E-state index contributed by atoms with van der Waals surface area (Å²) < 4.78 is 5.81. The molecule has 2 heterocycles. The molecule has 1 atom stereocenters. The molecule has 1 aromatic rings. The molecule has 30 heavy (non-hydrogen) atoms. The molecule has 0 aromatic heterocycles. The van der Waals surface area contributed by atoms with Crippen LogP contribution in [0.4, 0.5) is 0 Å². The van der Waals surface area contributed by atoms with Crippen LogP contribution in [-0.4, -0.2) is 35.1 Å². The number of rotatable bonds is 7. The van der Waals surface area contributed by atoms with Crippen LogP contribution in [0, 0.1) is 11.3 Å². The summed E-state index contributed by atoms with van der Waals surface area (Å²) >= 11 is 5.07. The molecule has 0 N–H and O–H groups in total. The summed E-state index contributed by atoms with van der Waals surface area (Å²) in [6, 6.07) is 10.5. The van der Waals surface area contributed by atoms with E-state index in [9.17, 15) is 10.1 Å². The average molecular weight is 460 g/mol. The first-order valence-corrected chi connectivity index (χ1v) is 13.7. The molecule has 0 spiro atoms. The number of benzene rings is 1. The fourth-order valence-electron chi connectivity index (χ4n) is 3.72. The Kier molecular flexibility index (Phi) is 9.29. The summed E-state index contributed by atoms with van der Waals surface area (Å²) in [7, 11) is 0. The molecule has 0 radical (unpaired) electrons. The minimum atomic E-state index is -0.461. The van der Waals surface area contributed by atoms with E-state index in [1.165, 1.54) is 30.4 Å². The van der Waals surface area contributed by atoms with Gasteiger partial charge in [-0.05, 0) is 18.1 Å². The van der Waals surface area contributed by atoms with E-state index >= 15 is 0 Å². The summed E-state index contributed by atoms with van der Waals surface area (Å²) in [5, 5.41) is 9.88. The normalized spacial score (nSPS) is 21.3. The van der Waals surface area contributed by atoms with Crippen LogP contribution < -0.4 is 0 Å². The van der Waals surface area contributed by atoms with Crippen LogP contribution in [0.25, 0.3) is 0 Å². The van der Waals surface area contributed by atoms with Crippen molar-refractivity contribution in [1.29, 1.82) is 5.26 Å². The van der Waals surface area contributed by atoms with Gasteiger partial charge in [0.05, 0.1) is 0 Å². The van der Waals surface area contributed by atoms with Crippen molar-refractivity contribution in [3.63, 3.8) is 0 Å². The lowest BCUT2D eigenvalue weighted by atomic mass is 9.91. The van der Waals surface area contributed by atoms with E-state index in [1.54, 1.807) is 35.3 Å². The first kappa shape index (κ1) is 23.4. The third-order valence-corrected chi connectivity index (χ3v) is 8.97. The second-order valence-electron chi connectivity index (χ2n) is 7.70. The van der Waals surface area contributed by atoms with Crippen molar-refractivity contribution in [3.8, 4) is 6.07 Å². The number of nitriles is 1.